The van der Waals surface area contributed by atoms with E-state index in [2.05, 4.69) is 55.3 Å². The van der Waals surface area contributed by atoms with Crippen molar-refractivity contribution < 1.29 is 0 Å². The Hall–Kier alpha value is -0.900. The van der Waals surface area contributed by atoms with Crippen molar-refractivity contribution in [2.75, 3.05) is 0 Å². The summed E-state index contributed by atoms with van der Waals surface area (Å²) in [5, 5.41) is 4.49. The fourth-order valence-electron chi connectivity index (χ4n) is 1.90. The predicted octanol–water partition coefficient (Wildman–Crippen LogP) is 4.77. The standard InChI is InChI=1S/C15H19ClN2S/c1-10(2)12-4-6-13(7-5-12)11(3)17-9-15-18-8-14(16)19-15/h4-8,10-11,17H,9H2,1-3H3. The molecule has 0 bridgehead atoms. The zero-order valence-electron chi connectivity index (χ0n) is 11.5. The van der Waals surface area contributed by atoms with Crippen molar-refractivity contribution in [2.24, 2.45) is 0 Å². The van der Waals surface area contributed by atoms with Gasteiger partial charge in [-0.05, 0) is 24.0 Å². The average molecular weight is 295 g/mol. The van der Waals surface area contributed by atoms with Crippen LogP contribution in [0.25, 0.3) is 0 Å². The van der Waals surface area contributed by atoms with Crippen molar-refractivity contribution >= 4 is 22.9 Å². The van der Waals surface area contributed by atoms with E-state index in [1.807, 2.05) is 0 Å². The maximum atomic E-state index is 5.87. The van der Waals surface area contributed by atoms with E-state index in [-0.39, 0.29) is 0 Å². The molecule has 2 rings (SSSR count). The lowest BCUT2D eigenvalue weighted by molar-refractivity contribution is 0.573. The maximum absolute atomic E-state index is 5.87. The first kappa shape index (κ1) is 14.5. The Balaban J connectivity index is 1.94. The molecule has 0 aliphatic heterocycles. The van der Waals surface area contributed by atoms with Crippen LogP contribution in [-0.2, 0) is 6.54 Å². The van der Waals surface area contributed by atoms with Crippen molar-refractivity contribution in [3.05, 3.63) is 50.9 Å². The summed E-state index contributed by atoms with van der Waals surface area (Å²) in [6.45, 7) is 7.34. The molecular formula is C15H19ClN2S. The minimum absolute atomic E-state index is 0.309. The summed E-state index contributed by atoms with van der Waals surface area (Å²) < 4.78 is 0.741. The highest BCUT2D eigenvalue weighted by molar-refractivity contribution is 7.15. The maximum Gasteiger partial charge on any atom is 0.113 e. The van der Waals surface area contributed by atoms with Crippen LogP contribution in [0.15, 0.2) is 30.5 Å². The Labute approximate surface area is 123 Å². The number of benzene rings is 1. The number of halogens is 1. The Morgan fingerprint density at radius 3 is 2.32 bits per heavy atom. The molecule has 1 aromatic carbocycles. The van der Waals surface area contributed by atoms with Gasteiger partial charge in [-0.15, -0.1) is 11.3 Å². The number of nitrogens with zero attached hydrogens (tertiary/aromatic N) is 1. The van der Waals surface area contributed by atoms with Gasteiger partial charge in [-0.3, -0.25) is 0 Å². The van der Waals surface area contributed by atoms with Gasteiger partial charge in [0.15, 0.2) is 0 Å². The van der Waals surface area contributed by atoms with Gasteiger partial charge in [-0.1, -0.05) is 49.7 Å². The molecule has 0 aliphatic carbocycles. The summed E-state index contributed by atoms with van der Waals surface area (Å²) in [6, 6.07) is 9.12. The van der Waals surface area contributed by atoms with E-state index in [9.17, 15) is 0 Å². The van der Waals surface area contributed by atoms with Gasteiger partial charge in [0.05, 0.1) is 6.20 Å². The molecule has 0 amide bonds. The summed E-state index contributed by atoms with van der Waals surface area (Å²) in [7, 11) is 0. The minimum atomic E-state index is 0.309. The molecule has 0 saturated heterocycles. The van der Waals surface area contributed by atoms with E-state index in [0.717, 1.165) is 15.9 Å². The van der Waals surface area contributed by atoms with Gasteiger partial charge < -0.3 is 5.32 Å². The average Bonchev–Trinajstić information content (AvgIpc) is 2.82. The normalized spacial score (nSPS) is 12.9. The van der Waals surface area contributed by atoms with Crippen LogP contribution in [0.2, 0.25) is 4.34 Å². The quantitative estimate of drug-likeness (QED) is 0.859. The molecule has 1 N–H and O–H groups in total. The number of nitrogens with one attached hydrogen (secondary N) is 1. The second-order valence-electron chi connectivity index (χ2n) is 4.98. The smallest absolute Gasteiger partial charge is 0.113 e. The summed E-state index contributed by atoms with van der Waals surface area (Å²) in [5.41, 5.74) is 2.68. The van der Waals surface area contributed by atoms with Gasteiger partial charge in [0.25, 0.3) is 0 Å². The molecule has 2 nitrogen and oxygen atoms in total. The first-order valence-electron chi connectivity index (χ1n) is 6.49. The van der Waals surface area contributed by atoms with Gasteiger partial charge in [0, 0.05) is 12.6 Å². The number of hydrogen-bond donors (Lipinski definition) is 1. The second-order valence-corrected chi connectivity index (χ2v) is 6.73. The molecule has 1 aromatic heterocycles. The van der Waals surface area contributed by atoms with E-state index in [4.69, 9.17) is 11.6 Å². The monoisotopic (exact) mass is 294 g/mol. The largest absolute Gasteiger partial charge is 0.304 e. The van der Waals surface area contributed by atoms with Crippen molar-refractivity contribution in [3.8, 4) is 0 Å². The van der Waals surface area contributed by atoms with Gasteiger partial charge in [0.1, 0.15) is 9.34 Å². The molecule has 0 saturated carbocycles. The fraction of sp³-hybridized carbons (Fsp3) is 0.400. The van der Waals surface area contributed by atoms with Crippen LogP contribution >= 0.6 is 22.9 Å². The minimum Gasteiger partial charge on any atom is -0.304 e. The highest BCUT2D eigenvalue weighted by atomic mass is 35.5. The van der Waals surface area contributed by atoms with Gasteiger partial charge in [-0.25, -0.2) is 4.98 Å². The Bertz CT molecular complexity index is 519. The lowest BCUT2D eigenvalue weighted by Gasteiger charge is -2.14. The molecular weight excluding hydrogens is 276 g/mol. The van der Waals surface area contributed by atoms with E-state index in [1.54, 1.807) is 6.20 Å². The van der Waals surface area contributed by atoms with Crippen molar-refractivity contribution in [1.82, 2.24) is 10.3 Å². The third-order valence-electron chi connectivity index (χ3n) is 3.19. The number of aromatic nitrogens is 1. The molecule has 102 valence electrons. The van der Waals surface area contributed by atoms with Crippen molar-refractivity contribution in [1.29, 1.82) is 0 Å². The SMILES string of the molecule is CC(C)c1ccc(C(C)NCc2ncc(Cl)s2)cc1. The molecule has 2 aromatic rings. The van der Waals surface area contributed by atoms with E-state index >= 15 is 0 Å². The van der Waals surface area contributed by atoms with Crippen LogP contribution in [0, 0.1) is 0 Å². The number of thiazole rings is 1. The van der Waals surface area contributed by atoms with Gasteiger partial charge >= 0.3 is 0 Å². The van der Waals surface area contributed by atoms with Crippen LogP contribution < -0.4 is 5.32 Å². The van der Waals surface area contributed by atoms with Gasteiger partial charge in [0.2, 0.25) is 0 Å². The van der Waals surface area contributed by atoms with Crippen molar-refractivity contribution in [2.45, 2.75) is 39.3 Å². The van der Waals surface area contributed by atoms with Crippen molar-refractivity contribution in [3.63, 3.8) is 0 Å². The molecule has 0 spiro atoms. The Morgan fingerprint density at radius 1 is 1.16 bits per heavy atom. The molecule has 1 heterocycles. The van der Waals surface area contributed by atoms with Crippen LogP contribution in [-0.4, -0.2) is 4.98 Å². The van der Waals surface area contributed by atoms with Gasteiger partial charge in [-0.2, -0.15) is 0 Å². The molecule has 19 heavy (non-hydrogen) atoms. The molecule has 0 fully saturated rings. The summed E-state index contributed by atoms with van der Waals surface area (Å²) in [4.78, 5) is 4.24. The first-order chi connectivity index (χ1) is 9.06. The van der Waals surface area contributed by atoms with E-state index < -0.39 is 0 Å². The number of rotatable bonds is 5. The molecule has 0 radical (unpaired) electrons. The zero-order valence-corrected chi connectivity index (χ0v) is 13.1. The Kier molecular flexibility index (Phi) is 4.97. The second kappa shape index (κ2) is 6.51. The molecule has 0 aliphatic rings. The summed E-state index contributed by atoms with van der Waals surface area (Å²) in [5.74, 6) is 0.578. The molecule has 4 heteroatoms. The third-order valence-corrected chi connectivity index (χ3v) is 4.30. The Morgan fingerprint density at radius 2 is 1.79 bits per heavy atom. The predicted molar refractivity (Wildman–Crippen MR) is 82.9 cm³/mol. The summed E-state index contributed by atoms with van der Waals surface area (Å²) in [6.07, 6.45) is 1.70. The third kappa shape index (κ3) is 4.03. The topological polar surface area (TPSA) is 24.9 Å². The fourth-order valence-corrected chi connectivity index (χ4v) is 2.80. The number of hydrogen-bond acceptors (Lipinski definition) is 3. The van der Waals surface area contributed by atoms with Crippen LogP contribution in [0.5, 0.6) is 0 Å². The van der Waals surface area contributed by atoms with Crippen LogP contribution in [0.4, 0.5) is 0 Å². The zero-order chi connectivity index (χ0) is 13.8. The molecule has 1 atom stereocenters. The van der Waals surface area contributed by atoms with Crippen LogP contribution in [0.3, 0.4) is 0 Å². The van der Waals surface area contributed by atoms with E-state index in [0.29, 0.717) is 12.0 Å². The van der Waals surface area contributed by atoms with E-state index in [1.165, 1.54) is 22.5 Å². The highest BCUT2D eigenvalue weighted by Crippen LogP contribution is 2.21. The lowest BCUT2D eigenvalue weighted by atomic mass is 10.00. The summed E-state index contributed by atoms with van der Waals surface area (Å²) >= 11 is 7.39. The highest BCUT2D eigenvalue weighted by Gasteiger charge is 2.07. The first-order valence-corrected chi connectivity index (χ1v) is 7.69. The molecule has 1 unspecified atom stereocenters. The lowest BCUT2D eigenvalue weighted by Crippen LogP contribution is -2.17. The van der Waals surface area contributed by atoms with Crippen LogP contribution in [0.1, 0.15) is 48.9 Å².